The molecule has 2 amide bonds. The van der Waals surface area contributed by atoms with Gasteiger partial charge in [-0.15, -0.1) is 0 Å². The van der Waals surface area contributed by atoms with Crippen LogP contribution in [0.3, 0.4) is 0 Å². The highest BCUT2D eigenvalue weighted by Crippen LogP contribution is 2.34. The van der Waals surface area contributed by atoms with Crippen molar-refractivity contribution < 1.29 is 9.59 Å². The van der Waals surface area contributed by atoms with Gasteiger partial charge in [-0.05, 0) is 32.4 Å². The number of rotatable bonds is 4. The van der Waals surface area contributed by atoms with Gasteiger partial charge in [-0.3, -0.25) is 9.59 Å². The Kier molecular flexibility index (Phi) is 4.52. The van der Waals surface area contributed by atoms with Gasteiger partial charge >= 0.3 is 0 Å². The van der Waals surface area contributed by atoms with Gasteiger partial charge in [0.25, 0.3) is 11.8 Å². The van der Waals surface area contributed by atoms with Crippen LogP contribution in [0.2, 0.25) is 0 Å². The van der Waals surface area contributed by atoms with Crippen LogP contribution in [0, 0.1) is 6.92 Å². The number of hydrogen-bond donors (Lipinski definition) is 2. The van der Waals surface area contributed by atoms with Crippen LogP contribution >= 0.6 is 0 Å². The zero-order valence-electron chi connectivity index (χ0n) is 14.5. The summed E-state index contributed by atoms with van der Waals surface area (Å²) in [5.41, 5.74) is 4.97. The van der Waals surface area contributed by atoms with E-state index in [0.29, 0.717) is 22.5 Å². The molecule has 0 saturated heterocycles. The molecule has 0 aliphatic carbocycles. The van der Waals surface area contributed by atoms with Gasteiger partial charge in [0.2, 0.25) is 0 Å². The fourth-order valence-corrected chi connectivity index (χ4v) is 2.88. The summed E-state index contributed by atoms with van der Waals surface area (Å²) < 4.78 is 0. The smallest absolute Gasteiger partial charge is 0.258 e. The first-order chi connectivity index (χ1) is 12.0. The standard InChI is InChI=1S/C21H20N2O2/c1-4-6-13(2)7-5-8-16-17-18(21(25)22-16)19(23-20(17)24)15-11-9-14(3)10-12-15/h4-12H,1-3H3,(H,22,25)(H,23,24)/b6-4-,8-5+,13-7-. The molecular formula is C21H20N2O2. The topological polar surface area (TPSA) is 58.2 Å². The van der Waals surface area contributed by atoms with E-state index in [2.05, 4.69) is 10.6 Å². The molecule has 2 aliphatic heterocycles. The maximum Gasteiger partial charge on any atom is 0.258 e. The molecule has 0 radical (unpaired) electrons. The van der Waals surface area contributed by atoms with E-state index in [4.69, 9.17) is 0 Å². The van der Waals surface area contributed by atoms with E-state index in [9.17, 15) is 9.59 Å². The normalized spacial score (nSPS) is 17.8. The predicted octanol–water partition coefficient (Wildman–Crippen LogP) is 3.30. The second kappa shape index (κ2) is 6.77. The SMILES string of the molecule is C\C=C/C(C)=C\C=C\C1=C2C(=O)NC(c3ccc(C)cc3)=C2C(=O)N1. The molecule has 0 bridgehead atoms. The number of carbonyl (C=O) groups is 2. The highest BCUT2D eigenvalue weighted by atomic mass is 16.2. The summed E-state index contributed by atoms with van der Waals surface area (Å²) in [6.45, 7) is 5.93. The van der Waals surface area contributed by atoms with E-state index < -0.39 is 0 Å². The Labute approximate surface area is 147 Å². The zero-order chi connectivity index (χ0) is 18.0. The van der Waals surface area contributed by atoms with E-state index >= 15 is 0 Å². The van der Waals surface area contributed by atoms with Crippen molar-refractivity contribution in [3.05, 3.63) is 88.2 Å². The summed E-state index contributed by atoms with van der Waals surface area (Å²) in [5.74, 6) is -0.504. The summed E-state index contributed by atoms with van der Waals surface area (Å²) in [5, 5.41) is 5.62. The summed E-state index contributed by atoms with van der Waals surface area (Å²) in [6, 6.07) is 7.73. The Balaban J connectivity index is 2.00. The van der Waals surface area contributed by atoms with E-state index in [-0.39, 0.29) is 11.8 Å². The van der Waals surface area contributed by atoms with Crippen LogP contribution in [0.5, 0.6) is 0 Å². The minimum absolute atomic E-state index is 0.252. The molecule has 0 spiro atoms. The molecule has 3 rings (SSSR count). The number of allylic oxidation sites excluding steroid dienone is 6. The van der Waals surface area contributed by atoms with Crippen molar-refractivity contribution in [2.75, 3.05) is 0 Å². The molecule has 126 valence electrons. The highest BCUT2D eigenvalue weighted by molar-refractivity contribution is 6.25. The monoisotopic (exact) mass is 332 g/mol. The Morgan fingerprint density at radius 3 is 2.36 bits per heavy atom. The van der Waals surface area contributed by atoms with Crippen molar-refractivity contribution >= 4 is 17.5 Å². The van der Waals surface area contributed by atoms with Crippen LogP contribution in [-0.2, 0) is 9.59 Å². The number of carbonyl (C=O) groups excluding carboxylic acids is 2. The lowest BCUT2D eigenvalue weighted by Crippen LogP contribution is -2.21. The zero-order valence-corrected chi connectivity index (χ0v) is 14.5. The van der Waals surface area contributed by atoms with Crippen LogP contribution in [0.4, 0.5) is 0 Å². The van der Waals surface area contributed by atoms with Crippen molar-refractivity contribution in [2.24, 2.45) is 0 Å². The van der Waals surface area contributed by atoms with Gasteiger partial charge in [-0.25, -0.2) is 0 Å². The number of fused-ring (bicyclic) bond motifs is 1. The Morgan fingerprint density at radius 2 is 1.68 bits per heavy atom. The third-order valence-electron chi connectivity index (χ3n) is 4.10. The Morgan fingerprint density at radius 1 is 1.00 bits per heavy atom. The molecule has 0 unspecified atom stereocenters. The predicted molar refractivity (Wildman–Crippen MR) is 99.1 cm³/mol. The van der Waals surface area contributed by atoms with Gasteiger partial charge in [0.05, 0.1) is 22.5 Å². The number of hydrogen-bond acceptors (Lipinski definition) is 2. The van der Waals surface area contributed by atoms with Crippen molar-refractivity contribution in [3.63, 3.8) is 0 Å². The van der Waals surface area contributed by atoms with Crippen molar-refractivity contribution in [3.8, 4) is 0 Å². The second-order valence-electron chi connectivity index (χ2n) is 6.08. The molecule has 2 N–H and O–H groups in total. The lowest BCUT2D eigenvalue weighted by Gasteiger charge is -2.06. The van der Waals surface area contributed by atoms with E-state index in [1.54, 1.807) is 6.08 Å². The summed E-state index contributed by atoms with van der Waals surface area (Å²) in [7, 11) is 0. The molecule has 2 aliphatic rings. The third-order valence-corrected chi connectivity index (χ3v) is 4.10. The van der Waals surface area contributed by atoms with Gasteiger partial charge < -0.3 is 10.6 Å². The molecule has 25 heavy (non-hydrogen) atoms. The summed E-state index contributed by atoms with van der Waals surface area (Å²) in [4.78, 5) is 24.8. The largest absolute Gasteiger partial charge is 0.321 e. The van der Waals surface area contributed by atoms with Crippen LogP contribution < -0.4 is 10.6 Å². The minimum atomic E-state index is -0.252. The van der Waals surface area contributed by atoms with Gasteiger partial charge in [0.15, 0.2) is 0 Å². The lowest BCUT2D eigenvalue weighted by atomic mass is 10.0. The van der Waals surface area contributed by atoms with Crippen molar-refractivity contribution in [1.29, 1.82) is 0 Å². The molecule has 4 heteroatoms. The average molecular weight is 332 g/mol. The molecule has 0 atom stereocenters. The molecule has 2 heterocycles. The minimum Gasteiger partial charge on any atom is -0.321 e. The van der Waals surface area contributed by atoms with Crippen LogP contribution in [0.15, 0.2) is 77.1 Å². The number of amides is 2. The third kappa shape index (κ3) is 3.24. The van der Waals surface area contributed by atoms with Gasteiger partial charge in [-0.1, -0.05) is 59.7 Å². The summed E-state index contributed by atoms with van der Waals surface area (Å²) >= 11 is 0. The maximum atomic E-state index is 12.4. The number of benzene rings is 1. The molecule has 1 aromatic rings. The van der Waals surface area contributed by atoms with Crippen LogP contribution in [-0.4, -0.2) is 11.8 Å². The average Bonchev–Trinajstić information content (AvgIpc) is 3.08. The van der Waals surface area contributed by atoms with Crippen molar-refractivity contribution in [2.45, 2.75) is 20.8 Å². The first kappa shape index (κ1) is 16.7. The van der Waals surface area contributed by atoms with E-state index in [0.717, 1.165) is 16.7 Å². The molecule has 1 aromatic carbocycles. The number of aryl methyl sites for hydroxylation is 1. The Hall–Kier alpha value is -3.14. The fourth-order valence-electron chi connectivity index (χ4n) is 2.88. The van der Waals surface area contributed by atoms with Gasteiger partial charge in [0.1, 0.15) is 0 Å². The highest BCUT2D eigenvalue weighted by Gasteiger charge is 2.39. The molecule has 0 fully saturated rings. The van der Waals surface area contributed by atoms with Crippen LogP contribution in [0.1, 0.15) is 25.0 Å². The maximum absolute atomic E-state index is 12.4. The quantitative estimate of drug-likeness (QED) is 0.831. The first-order valence-corrected chi connectivity index (χ1v) is 8.17. The Bertz CT molecular complexity index is 894. The summed E-state index contributed by atoms with van der Waals surface area (Å²) in [6.07, 6.45) is 9.45. The van der Waals surface area contributed by atoms with Crippen LogP contribution in [0.25, 0.3) is 5.70 Å². The molecular weight excluding hydrogens is 312 g/mol. The molecule has 0 aromatic heterocycles. The molecule has 4 nitrogen and oxygen atoms in total. The lowest BCUT2D eigenvalue weighted by molar-refractivity contribution is -0.117. The van der Waals surface area contributed by atoms with Gasteiger partial charge in [-0.2, -0.15) is 0 Å². The number of nitrogens with one attached hydrogen (secondary N) is 2. The van der Waals surface area contributed by atoms with Gasteiger partial charge in [0, 0.05) is 0 Å². The van der Waals surface area contributed by atoms with E-state index in [1.165, 1.54) is 0 Å². The fraction of sp³-hybridized carbons (Fsp3) is 0.143. The van der Waals surface area contributed by atoms with Crippen molar-refractivity contribution in [1.82, 2.24) is 10.6 Å². The van der Waals surface area contributed by atoms with E-state index in [1.807, 2.05) is 69.3 Å². The first-order valence-electron chi connectivity index (χ1n) is 8.17. The molecule has 0 saturated carbocycles. The second-order valence-corrected chi connectivity index (χ2v) is 6.08.